The van der Waals surface area contributed by atoms with Crippen molar-refractivity contribution < 1.29 is 67.0 Å². The van der Waals surface area contributed by atoms with E-state index in [0.29, 0.717) is 63.4 Å². The van der Waals surface area contributed by atoms with Crippen molar-refractivity contribution >= 4 is 36.6 Å². The number of esters is 1. The van der Waals surface area contributed by atoms with E-state index in [1.54, 1.807) is 54.4 Å². The van der Waals surface area contributed by atoms with Gasteiger partial charge >= 0.3 is 5.97 Å². The second-order valence-electron chi connectivity index (χ2n) is 20.9. The molecule has 1 unspecified atom stereocenters. The maximum Gasteiger partial charge on any atom is 0.329 e. The number of carbonyl (C=O) groups excluding carboxylic acids is 5. The minimum atomic E-state index is -2.79. The number of allylic oxidation sites excluding steroid dienone is 6. The van der Waals surface area contributed by atoms with Gasteiger partial charge in [-0.3, -0.25) is 23.7 Å². The molecule has 4 aliphatic rings. The van der Waals surface area contributed by atoms with Gasteiger partial charge in [-0.1, -0.05) is 71.1 Å². The number of amides is 1. The first-order valence-corrected chi connectivity index (χ1v) is 27.7. The number of aliphatic hydroxyl groups excluding tert-OH is 1. The maximum atomic E-state index is 14.5. The number of hydrogen-bond acceptors (Lipinski definition) is 14. The number of ether oxygens (including phenoxy) is 5. The Labute approximate surface area is 411 Å². The molecule has 1 aliphatic carbocycles. The molecule has 1 amide bonds. The molecule has 2 N–H and O–H groups in total. The number of aliphatic hydroxyl groups is 2. The minimum Gasteiger partial charge on any atom is -0.460 e. The predicted molar refractivity (Wildman–Crippen MR) is 263 cm³/mol. The molecule has 390 valence electrons. The van der Waals surface area contributed by atoms with Crippen LogP contribution in [0.4, 0.5) is 0 Å². The fourth-order valence-electron chi connectivity index (χ4n) is 10.5. The number of cyclic esters (lactones) is 1. The summed E-state index contributed by atoms with van der Waals surface area (Å²) in [6, 6.07) is -1.16. The van der Waals surface area contributed by atoms with Crippen LogP contribution in [0.25, 0.3) is 0 Å². The van der Waals surface area contributed by atoms with E-state index in [1.165, 1.54) is 12.0 Å². The second kappa shape index (κ2) is 26.5. The van der Waals surface area contributed by atoms with Crippen molar-refractivity contribution in [2.45, 2.75) is 180 Å². The van der Waals surface area contributed by atoms with E-state index in [2.05, 4.69) is 0 Å². The monoisotopic (exact) mass is 990 g/mol. The van der Waals surface area contributed by atoms with Crippen LogP contribution in [-0.4, -0.2) is 140 Å². The molecular formula is C53H84NO14P. The van der Waals surface area contributed by atoms with E-state index >= 15 is 0 Å². The van der Waals surface area contributed by atoms with E-state index in [9.17, 15) is 38.8 Å². The summed E-state index contributed by atoms with van der Waals surface area (Å²) in [5.74, 6) is -8.11. The Hall–Kier alpha value is -3.14. The third kappa shape index (κ3) is 16.2. The lowest BCUT2D eigenvalue weighted by Crippen LogP contribution is -2.61. The van der Waals surface area contributed by atoms with E-state index in [-0.39, 0.29) is 60.9 Å². The van der Waals surface area contributed by atoms with Crippen LogP contribution >= 0.6 is 7.37 Å². The normalized spacial score (nSPS) is 37.8. The number of rotatable bonds is 8. The SMILES string of the molecule is CO[C@H]1C[C@H]2CC[C@@H](C)[C@@](O)(O2)C(=O)C(=O)N2CCCC[C@H]2C(=O)O[C@H]([C@H](C)C[C@@H]2CCC(OP(C)(C)=O)[C@H](OC)C2)CC(=O)[C@H](C)/C=C(\C)[C@@H](O)[C@@H](OC)C(=O)[C@H](C)C[C@H](C)/C=C/C=CC=C1C. The molecule has 0 aromatic carbocycles. The molecule has 4 rings (SSSR count). The molecule has 3 aliphatic heterocycles. The first-order valence-electron chi connectivity index (χ1n) is 25.2. The molecule has 16 heteroatoms. The predicted octanol–water partition coefficient (Wildman–Crippen LogP) is 7.74. The summed E-state index contributed by atoms with van der Waals surface area (Å²) in [5, 5.41) is 23.5. The Balaban J connectivity index is 1.70. The minimum absolute atomic E-state index is 0.0117. The highest BCUT2D eigenvalue weighted by Crippen LogP contribution is 2.45. The highest BCUT2D eigenvalue weighted by atomic mass is 31.2. The Morgan fingerprint density at radius 1 is 0.855 bits per heavy atom. The third-order valence-corrected chi connectivity index (χ3v) is 15.6. The standard InChI is InChI=1S/C53H84NO14P/c1-32-18-14-13-15-19-33(2)44(63-8)30-40-23-21-38(7)53(61,67-40)50(58)51(59)54-25-17-16-20-41(54)52(60)66-45(35(4)28-39-22-24-43(46(29-39)64-9)68-69(11,12)62)31-42(55)34(3)27-37(6)48(57)49(65-10)47(56)36(5)26-32/h13-15,18-19,27,32,34-36,38-41,43-46,48-49,57,61H,16-17,20-26,28-31H2,1-12H3/b15-13?,18-14+,33-19?,37-27+/t32-,34-,35-,36-,38-,39+,40-,41+,43?,44+,45+,46-,48-,49+,53-/m1/s1. The van der Waals surface area contributed by atoms with Crippen LogP contribution < -0.4 is 0 Å². The number of carbonyl (C=O) groups is 5. The third-order valence-electron chi connectivity index (χ3n) is 14.8. The van der Waals surface area contributed by atoms with Gasteiger partial charge in [-0.2, -0.15) is 0 Å². The lowest BCUT2D eigenvalue weighted by atomic mass is 9.78. The van der Waals surface area contributed by atoms with Crippen molar-refractivity contribution in [3.8, 4) is 0 Å². The summed E-state index contributed by atoms with van der Waals surface area (Å²) in [6.45, 7) is 15.9. The average molecular weight is 990 g/mol. The Kier molecular flexibility index (Phi) is 22.5. The number of piperidine rings is 1. The van der Waals surface area contributed by atoms with Crippen LogP contribution in [0.15, 0.2) is 47.6 Å². The van der Waals surface area contributed by atoms with Gasteiger partial charge in [0.25, 0.3) is 11.7 Å². The van der Waals surface area contributed by atoms with Crippen LogP contribution in [-0.2, 0) is 56.7 Å². The van der Waals surface area contributed by atoms with Gasteiger partial charge in [0.15, 0.2) is 13.2 Å². The van der Waals surface area contributed by atoms with Gasteiger partial charge in [-0.15, -0.1) is 0 Å². The lowest BCUT2D eigenvalue weighted by molar-refractivity contribution is -0.265. The number of fused-ring (bicyclic) bond motifs is 3. The van der Waals surface area contributed by atoms with Gasteiger partial charge in [0.2, 0.25) is 5.79 Å². The molecule has 15 nitrogen and oxygen atoms in total. The van der Waals surface area contributed by atoms with E-state index in [1.807, 2.05) is 58.1 Å². The number of methoxy groups -OCH3 is 3. The zero-order valence-corrected chi connectivity index (χ0v) is 44.3. The molecule has 0 aromatic rings. The van der Waals surface area contributed by atoms with E-state index in [0.717, 1.165) is 12.0 Å². The molecule has 15 atom stereocenters. The molecule has 1 saturated carbocycles. The lowest BCUT2D eigenvalue weighted by Gasteiger charge is -2.42. The fraction of sp³-hybridized carbons (Fsp3) is 0.755. The van der Waals surface area contributed by atoms with Gasteiger partial charge in [0.05, 0.1) is 24.4 Å². The average Bonchev–Trinajstić information content (AvgIpc) is 3.30. The smallest absolute Gasteiger partial charge is 0.329 e. The Morgan fingerprint density at radius 3 is 2.22 bits per heavy atom. The number of hydrogen-bond donors (Lipinski definition) is 2. The van der Waals surface area contributed by atoms with Gasteiger partial charge in [0, 0.05) is 71.8 Å². The molecule has 3 fully saturated rings. The van der Waals surface area contributed by atoms with Gasteiger partial charge in [0.1, 0.15) is 30.1 Å². The second-order valence-corrected chi connectivity index (χ2v) is 23.6. The van der Waals surface area contributed by atoms with Crippen LogP contribution in [0.5, 0.6) is 0 Å². The molecule has 2 bridgehead atoms. The van der Waals surface area contributed by atoms with Gasteiger partial charge in [-0.25, -0.2) is 4.79 Å². The Morgan fingerprint density at radius 2 is 1.57 bits per heavy atom. The van der Waals surface area contributed by atoms with Crippen molar-refractivity contribution in [1.82, 2.24) is 4.90 Å². The molecule has 3 heterocycles. The molecule has 69 heavy (non-hydrogen) atoms. The zero-order chi connectivity index (χ0) is 51.4. The van der Waals surface area contributed by atoms with Crippen LogP contribution in [0.1, 0.15) is 126 Å². The number of Topliss-reactive ketones (excluding diaryl/α,β-unsaturated/α-hetero) is 3. The first kappa shape index (κ1) is 58.4. The van der Waals surface area contributed by atoms with Crippen LogP contribution in [0.2, 0.25) is 0 Å². The van der Waals surface area contributed by atoms with Crippen molar-refractivity contribution in [2.75, 3.05) is 41.2 Å². The van der Waals surface area contributed by atoms with Crippen LogP contribution in [0, 0.1) is 35.5 Å². The summed E-state index contributed by atoms with van der Waals surface area (Å²) in [4.78, 5) is 72.2. The topological polar surface area (TPSA) is 201 Å². The zero-order valence-electron chi connectivity index (χ0n) is 43.4. The van der Waals surface area contributed by atoms with Crippen molar-refractivity contribution in [3.63, 3.8) is 0 Å². The summed E-state index contributed by atoms with van der Waals surface area (Å²) in [7, 11) is 1.76. The van der Waals surface area contributed by atoms with Gasteiger partial charge < -0.3 is 43.3 Å². The van der Waals surface area contributed by atoms with E-state index < -0.39 is 85.1 Å². The molecule has 0 radical (unpaired) electrons. The van der Waals surface area contributed by atoms with Crippen LogP contribution in [0.3, 0.4) is 0 Å². The van der Waals surface area contributed by atoms with Crippen molar-refractivity contribution in [3.05, 3.63) is 47.6 Å². The quantitative estimate of drug-likeness (QED) is 0.104. The fourth-order valence-corrected chi connectivity index (χ4v) is 11.4. The summed E-state index contributed by atoms with van der Waals surface area (Å²) in [5.41, 5.74) is 1.25. The molecule has 0 aromatic heterocycles. The Bertz CT molecular complexity index is 1940. The highest BCUT2D eigenvalue weighted by molar-refractivity contribution is 7.57. The summed E-state index contributed by atoms with van der Waals surface area (Å²) in [6.07, 6.45) is 11.4. The molecular weight excluding hydrogens is 906 g/mol. The van der Waals surface area contributed by atoms with Crippen molar-refractivity contribution in [1.29, 1.82) is 0 Å². The number of ketones is 3. The van der Waals surface area contributed by atoms with Gasteiger partial charge in [-0.05, 0) is 107 Å². The van der Waals surface area contributed by atoms with E-state index in [4.69, 9.17) is 28.2 Å². The largest absolute Gasteiger partial charge is 0.460 e. The highest BCUT2D eigenvalue weighted by Gasteiger charge is 2.53. The summed E-state index contributed by atoms with van der Waals surface area (Å²) >= 11 is 0. The molecule has 2 saturated heterocycles. The maximum absolute atomic E-state index is 14.5. The molecule has 0 spiro atoms. The first-order chi connectivity index (χ1) is 32.4. The van der Waals surface area contributed by atoms with Crippen molar-refractivity contribution in [2.24, 2.45) is 35.5 Å². The summed E-state index contributed by atoms with van der Waals surface area (Å²) < 4.78 is 48.2. The number of nitrogens with zero attached hydrogens (tertiary/aromatic N) is 1.